The van der Waals surface area contributed by atoms with Crippen molar-refractivity contribution < 1.29 is 19.0 Å². The van der Waals surface area contributed by atoms with E-state index < -0.39 is 6.10 Å². The fourth-order valence-electron chi connectivity index (χ4n) is 2.24. The molecule has 130 valence electrons. The van der Waals surface area contributed by atoms with Crippen LogP contribution >= 0.6 is 0 Å². The predicted molar refractivity (Wildman–Crippen MR) is 90.8 cm³/mol. The lowest BCUT2D eigenvalue weighted by atomic mass is 10.1. The molecular formula is C18H29NO4. The number of carbonyl (C=O) groups is 1. The quantitative estimate of drug-likeness (QED) is 0.621. The second-order valence-electron chi connectivity index (χ2n) is 5.56. The van der Waals surface area contributed by atoms with E-state index in [2.05, 4.69) is 0 Å². The standard InChI is InChI=1S/C18H29NO4/c1-6-22-11-12-23-15(3)18(20)19(4)14(2)13-16-7-9-17(21-5)10-8-16/h7-10,14-15H,6,11-13H2,1-5H3/t14-,15+/m1/s1. The minimum atomic E-state index is -0.459. The molecule has 0 aromatic heterocycles. The summed E-state index contributed by atoms with van der Waals surface area (Å²) in [5.41, 5.74) is 1.17. The number of rotatable bonds is 10. The molecule has 1 aromatic rings. The van der Waals surface area contributed by atoms with Crippen molar-refractivity contribution in [3.05, 3.63) is 29.8 Å². The van der Waals surface area contributed by atoms with Crippen LogP contribution in [0.5, 0.6) is 5.75 Å². The lowest BCUT2D eigenvalue weighted by Crippen LogP contribution is -2.42. The number of benzene rings is 1. The Hall–Kier alpha value is -1.59. The van der Waals surface area contributed by atoms with Gasteiger partial charge in [0.15, 0.2) is 0 Å². The van der Waals surface area contributed by atoms with Crippen molar-refractivity contribution in [2.75, 3.05) is 34.0 Å². The molecule has 0 fully saturated rings. The Balaban J connectivity index is 2.46. The van der Waals surface area contributed by atoms with Gasteiger partial charge in [-0.15, -0.1) is 0 Å². The minimum absolute atomic E-state index is 0.0116. The third-order valence-electron chi connectivity index (χ3n) is 3.85. The van der Waals surface area contributed by atoms with E-state index in [0.717, 1.165) is 12.2 Å². The van der Waals surface area contributed by atoms with Gasteiger partial charge in [0.25, 0.3) is 5.91 Å². The van der Waals surface area contributed by atoms with Gasteiger partial charge in [-0.2, -0.15) is 0 Å². The number of amides is 1. The van der Waals surface area contributed by atoms with Crippen LogP contribution in [0.4, 0.5) is 0 Å². The molecule has 5 heteroatoms. The number of ether oxygens (including phenoxy) is 3. The Kier molecular flexibility index (Phi) is 8.66. The van der Waals surface area contributed by atoms with E-state index >= 15 is 0 Å². The van der Waals surface area contributed by atoms with E-state index in [4.69, 9.17) is 14.2 Å². The molecule has 0 radical (unpaired) electrons. The molecule has 0 N–H and O–H groups in total. The first-order valence-corrected chi connectivity index (χ1v) is 8.08. The van der Waals surface area contributed by atoms with Gasteiger partial charge in [-0.3, -0.25) is 4.79 Å². The van der Waals surface area contributed by atoms with Crippen LogP contribution in [-0.4, -0.2) is 56.9 Å². The van der Waals surface area contributed by atoms with E-state index in [0.29, 0.717) is 19.8 Å². The van der Waals surface area contributed by atoms with Gasteiger partial charge < -0.3 is 19.1 Å². The Morgan fingerprint density at radius 1 is 1.17 bits per heavy atom. The first kappa shape index (κ1) is 19.5. The third-order valence-corrected chi connectivity index (χ3v) is 3.85. The summed E-state index contributed by atoms with van der Waals surface area (Å²) in [5.74, 6) is 0.824. The largest absolute Gasteiger partial charge is 0.497 e. The Morgan fingerprint density at radius 2 is 1.83 bits per heavy atom. The van der Waals surface area contributed by atoms with Crippen LogP contribution < -0.4 is 4.74 Å². The molecule has 0 aliphatic heterocycles. The fourth-order valence-corrected chi connectivity index (χ4v) is 2.24. The SMILES string of the molecule is CCOCCO[C@@H](C)C(=O)N(C)[C@H](C)Cc1ccc(OC)cc1. The van der Waals surface area contributed by atoms with Gasteiger partial charge in [-0.05, 0) is 44.9 Å². The summed E-state index contributed by atoms with van der Waals surface area (Å²) >= 11 is 0. The number of likely N-dealkylation sites (N-methyl/N-ethyl adjacent to an activating group) is 1. The van der Waals surface area contributed by atoms with E-state index in [1.54, 1.807) is 18.9 Å². The zero-order valence-electron chi connectivity index (χ0n) is 14.9. The summed E-state index contributed by atoms with van der Waals surface area (Å²) in [5, 5.41) is 0. The van der Waals surface area contributed by atoms with Crippen molar-refractivity contribution in [2.24, 2.45) is 0 Å². The molecule has 0 heterocycles. The maximum atomic E-state index is 12.4. The average molecular weight is 323 g/mol. The van der Waals surface area contributed by atoms with Crippen molar-refractivity contribution in [3.8, 4) is 5.75 Å². The van der Waals surface area contributed by atoms with Crippen LogP contribution in [-0.2, 0) is 20.7 Å². The van der Waals surface area contributed by atoms with Crippen molar-refractivity contribution in [2.45, 2.75) is 39.3 Å². The Labute approximate surface area is 139 Å². The fraction of sp³-hybridized carbons (Fsp3) is 0.611. The molecule has 0 bridgehead atoms. The molecule has 0 aliphatic rings. The van der Waals surface area contributed by atoms with Crippen molar-refractivity contribution in [1.29, 1.82) is 0 Å². The maximum absolute atomic E-state index is 12.4. The molecule has 1 rings (SSSR count). The van der Waals surface area contributed by atoms with Gasteiger partial charge in [0.05, 0.1) is 20.3 Å². The lowest BCUT2D eigenvalue weighted by molar-refractivity contribution is -0.144. The number of methoxy groups -OCH3 is 1. The molecule has 1 amide bonds. The van der Waals surface area contributed by atoms with Crippen LogP contribution in [0.1, 0.15) is 26.3 Å². The van der Waals surface area contributed by atoms with Gasteiger partial charge >= 0.3 is 0 Å². The van der Waals surface area contributed by atoms with Gasteiger partial charge in [0, 0.05) is 19.7 Å². The van der Waals surface area contributed by atoms with Gasteiger partial charge in [0.1, 0.15) is 11.9 Å². The van der Waals surface area contributed by atoms with Crippen LogP contribution in [0, 0.1) is 0 Å². The summed E-state index contributed by atoms with van der Waals surface area (Å²) in [4.78, 5) is 14.1. The monoisotopic (exact) mass is 323 g/mol. The summed E-state index contributed by atoms with van der Waals surface area (Å²) in [6.45, 7) is 7.36. The van der Waals surface area contributed by atoms with Gasteiger partial charge in [-0.1, -0.05) is 12.1 Å². The van der Waals surface area contributed by atoms with Gasteiger partial charge in [-0.25, -0.2) is 0 Å². The molecule has 5 nitrogen and oxygen atoms in total. The van der Waals surface area contributed by atoms with E-state index in [-0.39, 0.29) is 11.9 Å². The van der Waals surface area contributed by atoms with Crippen LogP contribution in [0.2, 0.25) is 0 Å². The molecule has 0 unspecified atom stereocenters. The molecule has 0 spiro atoms. The second kappa shape index (κ2) is 10.2. The number of hydrogen-bond donors (Lipinski definition) is 0. The van der Waals surface area contributed by atoms with Crippen molar-refractivity contribution in [3.63, 3.8) is 0 Å². The zero-order valence-corrected chi connectivity index (χ0v) is 14.9. The average Bonchev–Trinajstić information content (AvgIpc) is 2.57. The van der Waals surface area contributed by atoms with E-state index in [9.17, 15) is 4.79 Å². The molecule has 23 heavy (non-hydrogen) atoms. The zero-order chi connectivity index (χ0) is 17.2. The topological polar surface area (TPSA) is 48.0 Å². The second-order valence-corrected chi connectivity index (χ2v) is 5.56. The summed E-state index contributed by atoms with van der Waals surface area (Å²) in [6, 6.07) is 8.01. The molecule has 0 saturated carbocycles. The predicted octanol–water partition coefficient (Wildman–Crippen LogP) is 2.53. The Morgan fingerprint density at radius 3 is 2.39 bits per heavy atom. The van der Waals surface area contributed by atoms with Crippen molar-refractivity contribution >= 4 is 5.91 Å². The molecular weight excluding hydrogens is 294 g/mol. The first-order chi connectivity index (χ1) is 11.0. The number of hydrogen-bond acceptors (Lipinski definition) is 4. The highest BCUT2D eigenvalue weighted by atomic mass is 16.5. The molecule has 1 aromatic carbocycles. The van der Waals surface area contributed by atoms with Crippen LogP contribution in [0.3, 0.4) is 0 Å². The minimum Gasteiger partial charge on any atom is -0.497 e. The van der Waals surface area contributed by atoms with Crippen molar-refractivity contribution in [1.82, 2.24) is 4.90 Å². The summed E-state index contributed by atoms with van der Waals surface area (Å²) in [6.07, 6.45) is 0.330. The maximum Gasteiger partial charge on any atom is 0.251 e. The third kappa shape index (κ3) is 6.59. The molecule has 0 saturated heterocycles. The normalized spacial score (nSPS) is 13.4. The molecule has 0 aliphatic carbocycles. The summed E-state index contributed by atoms with van der Waals surface area (Å²) in [7, 11) is 3.47. The first-order valence-electron chi connectivity index (χ1n) is 8.08. The van der Waals surface area contributed by atoms with Crippen LogP contribution in [0.15, 0.2) is 24.3 Å². The van der Waals surface area contributed by atoms with E-state index in [1.165, 1.54) is 5.56 Å². The number of carbonyl (C=O) groups excluding carboxylic acids is 1. The lowest BCUT2D eigenvalue weighted by Gasteiger charge is -2.28. The Bertz CT molecular complexity index is 461. The highest BCUT2D eigenvalue weighted by molar-refractivity contribution is 5.80. The number of nitrogens with zero attached hydrogens (tertiary/aromatic N) is 1. The molecule has 2 atom stereocenters. The smallest absolute Gasteiger partial charge is 0.251 e. The highest BCUT2D eigenvalue weighted by Gasteiger charge is 2.22. The van der Waals surface area contributed by atoms with Crippen LogP contribution in [0.25, 0.3) is 0 Å². The highest BCUT2D eigenvalue weighted by Crippen LogP contribution is 2.14. The summed E-state index contributed by atoms with van der Waals surface area (Å²) < 4.78 is 15.9. The van der Waals surface area contributed by atoms with E-state index in [1.807, 2.05) is 45.2 Å². The van der Waals surface area contributed by atoms with Gasteiger partial charge in [0.2, 0.25) is 0 Å².